The van der Waals surface area contributed by atoms with Gasteiger partial charge in [-0.1, -0.05) is 59.8 Å². The molecule has 2 fully saturated rings. The van der Waals surface area contributed by atoms with Crippen LogP contribution >= 0.6 is 0 Å². The summed E-state index contributed by atoms with van der Waals surface area (Å²) in [6, 6.07) is 2.23. The highest BCUT2D eigenvalue weighted by Gasteiger charge is 2.42. The Morgan fingerprint density at radius 1 is 0.833 bits per heavy atom. The lowest BCUT2D eigenvalue weighted by Crippen LogP contribution is -2.55. The average molecular weight is 336 g/mol. The van der Waals surface area contributed by atoms with Crippen molar-refractivity contribution in [3.05, 3.63) is 0 Å². The first kappa shape index (κ1) is 20.3. The van der Waals surface area contributed by atoms with E-state index in [1.165, 1.54) is 70.6 Å². The third-order valence-electron chi connectivity index (χ3n) is 7.52. The van der Waals surface area contributed by atoms with Crippen LogP contribution in [0.25, 0.3) is 0 Å². The highest BCUT2D eigenvalue weighted by atomic mass is 15.2. The van der Waals surface area contributed by atoms with Crippen molar-refractivity contribution < 1.29 is 0 Å². The van der Waals surface area contributed by atoms with Gasteiger partial charge in [-0.2, -0.15) is 0 Å². The number of hydrogen-bond donors (Lipinski definition) is 0. The van der Waals surface area contributed by atoms with Gasteiger partial charge in [0.2, 0.25) is 0 Å². The fourth-order valence-corrected chi connectivity index (χ4v) is 5.88. The second-order valence-electron chi connectivity index (χ2n) is 9.85. The van der Waals surface area contributed by atoms with Crippen molar-refractivity contribution in [3.8, 4) is 0 Å². The predicted molar refractivity (Wildman–Crippen MR) is 107 cm³/mol. The van der Waals surface area contributed by atoms with Crippen molar-refractivity contribution >= 4 is 0 Å². The van der Waals surface area contributed by atoms with Gasteiger partial charge in [0.25, 0.3) is 0 Å². The molecule has 2 rings (SSSR count). The molecule has 0 aromatic heterocycles. The van der Waals surface area contributed by atoms with Gasteiger partial charge in [0, 0.05) is 18.1 Å². The number of hydrogen-bond acceptors (Lipinski definition) is 1. The highest BCUT2D eigenvalue weighted by molar-refractivity contribution is 4.96. The van der Waals surface area contributed by atoms with Crippen molar-refractivity contribution in [3.63, 3.8) is 0 Å². The minimum Gasteiger partial charge on any atom is -0.295 e. The maximum atomic E-state index is 2.90. The van der Waals surface area contributed by atoms with Crippen LogP contribution in [-0.4, -0.2) is 23.0 Å². The molecular formula is C23H45N. The molecule has 24 heavy (non-hydrogen) atoms. The average Bonchev–Trinajstić information content (AvgIpc) is 2.56. The van der Waals surface area contributed by atoms with Crippen LogP contribution < -0.4 is 0 Å². The summed E-state index contributed by atoms with van der Waals surface area (Å²) in [5.41, 5.74) is 0.477. The predicted octanol–water partition coefficient (Wildman–Crippen LogP) is 7.05. The maximum absolute atomic E-state index is 2.90. The van der Waals surface area contributed by atoms with Gasteiger partial charge in [-0.3, -0.25) is 4.90 Å². The minimum atomic E-state index is 0.477. The topological polar surface area (TPSA) is 3.24 Å². The van der Waals surface area contributed by atoms with E-state index in [-0.39, 0.29) is 0 Å². The summed E-state index contributed by atoms with van der Waals surface area (Å²) in [5, 5.41) is 0. The van der Waals surface area contributed by atoms with E-state index in [0.717, 1.165) is 30.0 Å². The summed E-state index contributed by atoms with van der Waals surface area (Å²) in [5.74, 6) is 2.05. The Bertz CT molecular complexity index is 345. The molecule has 0 heterocycles. The zero-order valence-electron chi connectivity index (χ0n) is 17.6. The van der Waals surface area contributed by atoms with Gasteiger partial charge in [-0.05, 0) is 69.6 Å². The zero-order chi connectivity index (χ0) is 17.7. The summed E-state index contributed by atoms with van der Waals surface area (Å²) in [6.07, 6.45) is 16.0. The van der Waals surface area contributed by atoms with Gasteiger partial charge in [0.1, 0.15) is 0 Å². The first-order valence-electron chi connectivity index (χ1n) is 11.2. The van der Waals surface area contributed by atoms with E-state index < -0.39 is 0 Å². The van der Waals surface area contributed by atoms with Crippen molar-refractivity contribution in [2.75, 3.05) is 0 Å². The highest BCUT2D eigenvalue weighted by Crippen LogP contribution is 2.46. The second-order valence-corrected chi connectivity index (χ2v) is 9.85. The molecule has 0 N–H and O–H groups in total. The molecule has 0 amide bonds. The fourth-order valence-electron chi connectivity index (χ4n) is 5.88. The Morgan fingerprint density at radius 3 is 1.92 bits per heavy atom. The van der Waals surface area contributed by atoms with Crippen LogP contribution in [0.1, 0.15) is 112 Å². The van der Waals surface area contributed by atoms with E-state index in [9.17, 15) is 0 Å². The normalized spacial score (nSPS) is 31.1. The van der Waals surface area contributed by atoms with E-state index >= 15 is 0 Å². The summed E-state index contributed by atoms with van der Waals surface area (Å²) in [4.78, 5) is 2.90. The summed E-state index contributed by atoms with van der Waals surface area (Å²) < 4.78 is 0. The number of rotatable bonds is 7. The van der Waals surface area contributed by atoms with Gasteiger partial charge in [-0.25, -0.2) is 0 Å². The summed E-state index contributed by atoms with van der Waals surface area (Å²) in [7, 11) is 0. The lowest BCUT2D eigenvalue weighted by atomic mass is 9.65. The van der Waals surface area contributed by atoms with Crippen molar-refractivity contribution in [1.82, 2.24) is 4.90 Å². The first-order chi connectivity index (χ1) is 11.4. The van der Waals surface area contributed by atoms with Crippen LogP contribution in [0.2, 0.25) is 0 Å². The molecule has 0 aliphatic heterocycles. The Morgan fingerprint density at radius 2 is 1.42 bits per heavy atom. The molecule has 1 heteroatoms. The van der Waals surface area contributed by atoms with E-state index in [0.29, 0.717) is 5.41 Å². The Hall–Kier alpha value is -0.0400. The molecule has 4 unspecified atom stereocenters. The van der Waals surface area contributed by atoms with E-state index in [4.69, 9.17) is 0 Å². The smallest absolute Gasteiger partial charge is 0.0152 e. The van der Waals surface area contributed by atoms with Crippen LogP contribution in [-0.2, 0) is 0 Å². The van der Waals surface area contributed by atoms with Crippen LogP contribution in [0.5, 0.6) is 0 Å². The largest absolute Gasteiger partial charge is 0.295 e. The van der Waals surface area contributed by atoms with Crippen LogP contribution in [0.3, 0.4) is 0 Å². The molecule has 0 saturated heterocycles. The Balaban J connectivity index is 2.00. The van der Waals surface area contributed by atoms with E-state index in [1.807, 2.05) is 0 Å². The Labute approximate surface area is 153 Å². The SMILES string of the molecule is CCC(C)N(C(C)CC)C1CCC(CC2CCCCC2)CC1(C)C. The third-order valence-corrected chi connectivity index (χ3v) is 7.52. The summed E-state index contributed by atoms with van der Waals surface area (Å²) in [6.45, 7) is 14.8. The molecule has 142 valence electrons. The molecule has 0 aromatic carbocycles. The third kappa shape index (κ3) is 4.99. The molecule has 2 aliphatic carbocycles. The molecule has 0 radical (unpaired) electrons. The second kappa shape index (κ2) is 9.06. The maximum Gasteiger partial charge on any atom is 0.0152 e. The van der Waals surface area contributed by atoms with Crippen LogP contribution in [0, 0.1) is 17.3 Å². The molecule has 2 aliphatic rings. The zero-order valence-corrected chi connectivity index (χ0v) is 17.6. The first-order valence-corrected chi connectivity index (χ1v) is 11.2. The van der Waals surface area contributed by atoms with Gasteiger partial charge < -0.3 is 0 Å². The molecule has 1 nitrogen and oxygen atoms in total. The lowest BCUT2D eigenvalue weighted by Gasteiger charge is -2.52. The molecule has 0 spiro atoms. The van der Waals surface area contributed by atoms with Crippen LogP contribution in [0.4, 0.5) is 0 Å². The molecule has 2 saturated carbocycles. The van der Waals surface area contributed by atoms with Gasteiger partial charge in [0.05, 0.1) is 0 Å². The quantitative estimate of drug-likeness (QED) is 0.481. The standard InChI is InChI=1S/C23H45N/c1-7-18(3)24(19(4)8-2)22-15-14-21(17-23(22,5)6)16-20-12-10-9-11-13-20/h18-22H,7-17H2,1-6H3. The Kier molecular flexibility index (Phi) is 7.65. The molecular weight excluding hydrogens is 290 g/mol. The minimum absolute atomic E-state index is 0.477. The fraction of sp³-hybridized carbons (Fsp3) is 1.00. The molecule has 4 atom stereocenters. The van der Waals surface area contributed by atoms with Crippen LogP contribution in [0.15, 0.2) is 0 Å². The molecule has 0 bridgehead atoms. The van der Waals surface area contributed by atoms with Gasteiger partial charge in [0.15, 0.2) is 0 Å². The van der Waals surface area contributed by atoms with Gasteiger partial charge in [-0.15, -0.1) is 0 Å². The van der Waals surface area contributed by atoms with Crippen molar-refractivity contribution in [1.29, 1.82) is 0 Å². The van der Waals surface area contributed by atoms with Crippen molar-refractivity contribution in [2.24, 2.45) is 17.3 Å². The van der Waals surface area contributed by atoms with E-state index in [1.54, 1.807) is 0 Å². The summed E-state index contributed by atoms with van der Waals surface area (Å²) >= 11 is 0. The molecule has 0 aromatic rings. The lowest BCUT2D eigenvalue weighted by molar-refractivity contribution is -0.0246. The number of nitrogens with zero attached hydrogens (tertiary/aromatic N) is 1. The van der Waals surface area contributed by atoms with Crippen molar-refractivity contribution in [2.45, 2.75) is 130 Å². The van der Waals surface area contributed by atoms with E-state index in [2.05, 4.69) is 46.4 Å². The monoisotopic (exact) mass is 335 g/mol. The van der Waals surface area contributed by atoms with Gasteiger partial charge >= 0.3 is 0 Å².